The molecule has 1 aliphatic heterocycles. The smallest absolute Gasteiger partial charge is 0.407 e. The average Bonchev–Trinajstić information content (AvgIpc) is 3.04. The first-order chi connectivity index (χ1) is 20.9. The van der Waals surface area contributed by atoms with E-state index in [1.54, 1.807) is 12.1 Å². The summed E-state index contributed by atoms with van der Waals surface area (Å²) in [7, 11) is 1.25. The highest BCUT2D eigenvalue weighted by Crippen LogP contribution is 2.30. The predicted molar refractivity (Wildman–Crippen MR) is 160 cm³/mol. The molecular formula is C31H34N6O6. The molecule has 3 N–H and O–H groups in total. The lowest BCUT2D eigenvalue weighted by atomic mass is 9.84. The summed E-state index contributed by atoms with van der Waals surface area (Å²) in [6.45, 7) is 0.254. The number of carbonyl (C=O) groups excluding carboxylic acids is 2. The molecule has 3 aromatic carbocycles. The maximum Gasteiger partial charge on any atom is 0.407 e. The number of hydrogen-bond acceptors (Lipinski definition) is 6. The second kappa shape index (κ2) is 15.2. The van der Waals surface area contributed by atoms with E-state index in [-0.39, 0.29) is 25.8 Å². The standard InChI is InChI=1S/C31H34N6O6/c1-42-30(39)35-28(27(22-11-4-2-5-12-22)23-13-6-3-7-14-23)29(38)34-26-15-9-8-10-21(26)16-17-25-19-37(31(40)41)24(20-43-25)18-33-36-32/h2-15,24-25,27-28H,16-20H2,1H3,(H,34,38)(H,35,39)(H,40,41)/t24-,25-,28+/m1/s1. The van der Waals surface area contributed by atoms with Gasteiger partial charge in [0, 0.05) is 23.1 Å². The minimum absolute atomic E-state index is 0.00187. The van der Waals surface area contributed by atoms with Gasteiger partial charge >= 0.3 is 12.2 Å². The summed E-state index contributed by atoms with van der Waals surface area (Å²) < 4.78 is 10.8. The Kier molecular flexibility index (Phi) is 11.0. The number of ether oxygens (including phenoxy) is 2. The molecule has 3 atom stereocenters. The summed E-state index contributed by atoms with van der Waals surface area (Å²) in [6, 6.07) is 24.7. The van der Waals surface area contributed by atoms with E-state index in [1.165, 1.54) is 12.0 Å². The van der Waals surface area contributed by atoms with Gasteiger partial charge in [0.2, 0.25) is 5.91 Å². The number of carbonyl (C=O) groups is 3. The highest BCUT2D eigenvalue weighted by Gasteiger charge is 2.34. The second-order valence-corrected chi connectivity index (χ2v) is 10.1. The van der Waals surface area contributed by atoms with Crippen LogP contribution >= 0.6 is 0 Å². The molecule has 3 aromatic rings. The Labute approximate surface area is 249 Å². The number of alkyl carbamates (subject to hydrolysis) is 1. The number of nitrogens with one attached hydrogen (secondary N) is 2. The first-order valence-electron chi connectivity index (χ1n) is 13.9. The molecule has 12 heteroatoms. The lowest BCUT2D eigenvalue weighted by Gasteiger charge is -2.37. The fourth-order valence-electron chi connectivity index (χ4n) is 5.22. The van der Waals surface area contributed by atoms with Gasteiger partial charge in [0.1, 0.15) is 6.04 Å². The highest BCUT2D eigenvalue weighted by atomic mass is 16.5. The topological polar surface area (TPSA) is 166 Å². The van der Waals surface area contributed by atoms with Crippen LogP contribution in [0.2, 0.25) is 0 Å². The van der Waals surface area contributed by atoms with E-state index in [0.717, 1.165) is 16.7 Å². The van der Waals surface area contributed by atoms with Gasteiger partial charge in [0.15, 0.2) is 0 Å². The largest absolute Gasteiger partial charge is 0.465 e. The maximum absolute atomic E-state index is 13.9. The van der Waals surface area contributed by atoms with Crippen molar-refractivity contribution in [3.63, 3.8) is 0 Å². The van der Waals surface area contributed by atoms with E-state index in [4.69, 9.17) is 15.0 Å². The number of para-hydroxylation sites is 1. The molecule has 1 heterocycles. The van der Waals surface area contributed by atoms with Crippen molar-refractivity contribution in [2.24, 2.45) is 5.11 Å². The van der Waals surface area contributed by atoms with E-state index >= 15 is 0 Å². The second-order valence-electron chi connectivity index (χ2n) is 10.1. The van der Waals surface area contributed by atoms with Gasteiger partial charge in [-0.2, -0.15) is 0 Å². The maximum atomic E-state index is 13.9. The Hall–Kier alpha value is -5.06. The summed E-state index contributed by atoms with van der Waals surface area (Å²) in [5.41, 5.74) is 11.7. The van der Waals surface area contributed by atoms with Crippen molar-refractivity contribution < 1.29 is 29.0 Å². The predicted octanol–water partition coefficient (Wildman–Crippen LogP) is 5.17. The summed E-state index contributed by atoms with van der Waals surface area (Å²) >= 11 is 0. The van der Waals surface area contributed by atoms with Crippen molar-refractivity contribution in [3.05, 3.63) is 112 Å². The van der Waals surface area contributed by atoms with Crippen LogP contribution in [0.4, 0.5) is 15.3 Å². The first kappa shape index (κ1) is 30.9. The lowest BCUT2D eigenvalue weighted by molar-refractivity contribution is -0.118. The third-order valence-electron chi connectivity index (χ3n) is 7.37. The number of amides is 3. The Morgan fingerprint density at radius 1 is 1.05 bits per heavy atom. The van der Waals surface area contributed by atoms with Gasteiger partial charge in [-0.3, -0.25) is 4.79 Å². The van der Waals surface area contributed by atoms with Crippen LogP contribution in [0, 0.1) is 0 Å². The third kappa shape index (κ3) is 8.25. The van der Waals surface area contributed by atoms with Crippen LogP contribution in [0.5, 0.6) is 0 Å². The number of morpholine rings is 1. The molecule has 224 valence electrons. The molecule has 0 saturated carbocycles. The molecule has 1 fully saturated rings. The summed E-state index contributed by atoms with van der Waals surface area (Å²) in [5.74, 6) is -0.938. The monoisotopic (exact) mass is 586 g/mol. The number of aryl methyl sites for hydroxylation is 1. The van der Waals surface area contributed by atoms with Gasteiger partial charge in [-0.25, -0.2) is 9.59 Å². The number of anilines is 1. The molecule has 0 aromatic heterocycles. The Morgan fingerprint density at radius 3 is 2.28 bits per heavy atom. The van der Waals surface area contributed by atoms with Crippen molar-refractivity contribution in [1.29, 1.82) is 0 Å². The van der Waals surface area contributed by atoms with Gasteiger partial charge in [0.25, 0.3) is 0 Å². The highest BCUT2D eigenvalue weighted by molar-refractivity contribution is 5.98. The van der Waals surface area contributed by atoms with Crippen molar-refractivity contribution in [2.75, 3.05) is 32.1 Å². The van der Waals surface area contributed by atoms with Gasteiger partial charge in [-0.15, -0.1) is 0 Å². The van der Waals surface area contributed by atoms with Crippen LogP contribution in [0.15, 0.2) is 90.0 Å². The lowest BCUT2D eigenvalue weighted by Crippen LogP contribution is -2.53. The summed E-state index contributed by atoms with van der Waals surface area (Å²) in [5, 5.41) is 18.9. The van der Waals surface area contributed by atoms with E-state index in [9.17, 15) is 19.5 Å². The Bertz CT molecular complexity index is 1390. The number of methoxy groups -OCH3 is 1. The molecule has 0 unspecified atom stereocenters. The fraction of sp³-hybridized carbons (Fsp3) is 0.323. The van der Waals surface area contributed by atoms with Crippen molar-refractivity contribution in [1.82, 2.24) is 10.2 Å². The van der Waals surface area contributed by atoms with E-state index in [2.05, 4.69) is 20.7 Å². The minimum atomic E-state index is -1.10. The number of benzene rings is 3. The van der Waals surface area contributed by atoms with E-state index in [0.29, 0.717) is 18.5 Å². The zero-order chi connectivity index (χ0) is 30.6. The summed E-state index contributed by atoms with van der Waals surface area (Å²) in [4.78, 5) is 42.1. The molecule has 3 amide bonds. The molecule has 0 aliphatic carbocycles. The van der Waals surface area contributed by atoms with Crippen LogP contribution in [0.25, 0.3) is 10.4 Å². The first-order valence-corrected chi connectivity index (χ1v) is 13.9. The zero-order valence-electron chi connectivity index (χ0n) is 23.7. The SMILES string of the molecule is COC(=O)N[C@H](C(=O)Nc1ccccc1CC[C@@H]1CN(C(=O)O)[C@H](CN=[N+]=[N-])CO1)C(c1ccccc1)c1ccccc1. The van der Waals surface area contributed by atoms with Gasteiger partial charge in [-0.05, 0) is 41.1 Å². The number of hydrogen-bond donors (Lipinski definition) is 3. The molecule has 12 nitrogen and oxygen atoms in total. The van der Waals surface area contributed by atoms with Gasteiger partial charge in [0.05, 0.1) is 32.4 Å². The van der Waals surface area contributed by atoms with Gasteiger partial charge < -0.3 is 30.1 Å². The van der Waals surface area contributed by atoms with Crippen LogP contribution in [0.1, 0.15) is 29.0 Å². The quantitative estimate of drug-likeness (QED) is 0.159. The average molecular weight is 587 g/mol. The number of carboxylic acid groups (broad SMARTS) is 1. The molecule has 1 aliphatic rings. The normalized spacial score (nSPS) is 16.9. The summed E-state index contributed by atoms with van der Waals surface area (Å²) in [6.07, 6.45) is -1.23. The van der Waals surface area contributed by atoms with Crippen LogP contribution < -0.4 is 10.6 Å². The number of rotatable bonds is 11. The molecular weight excluding hydrogens is 552 g/mol. The third-order valence-corrected chi connectivity index (χ3v) is 7.37. The molecule has 0 bridgehead atoms. The Balaban J connectivity index is 1.53. The molecule has 0 radical (unpaired) electrons. The number of nitrogens with zero attached hydrogens (tertiary/aromatic N) is 4. The van der Waals surface area contributed by atoms with Crippen molar-refractivity contribution in [2.45, 2.75) is 36.9 Å². The van der Waals surface area contributed by atoms with Crippen molar-refractivity contribution >= 4 is 23.8 Å². The van der Waals surface area contributed by atoms with Crippen LogP contribution in [-0.2, 0) is 20.7 Å². The molecule has 0 spiro atoms. The van der Waals surface area contributed by atoms with Crippen molar-refractivity contribution in [3.8, 4) is 0 Å². The molecule has 43 heavy (non-hydrogen) atoms. The van der Waals surface area contributed by atoms with E-state index in [1.807, 2.05) is 72.8 Å². The Morgan fingerprint density at radius 2 is 1.67 bits per heavy atom. The zero-order valence-corrected chi connectivity index (χ0v) is 23.7. The minimum Gasteiger partial charge on any atom is -0.465 e. The van der Waals surface area contributed by atoms with Gasteiger partial charge in [-0.1, -0.05) is 84.0 Å². The molecule has 1 saturated heterocycles. The fourth-order valence-corrected chi connectivity index (χ4v) is 5.22. The number of azide groups is 1. The van der Waals surface area contributed by atoms with Crippen LogP contribution in [-0.4, -0.2) is 73.1 Å². The molecule has 4 rings (SSSR count). The van der Waals surface area contributed by atoms with Crippen LogP contribution in [0.3, 0.4) is 0 Å². The van der Waals surface area contributed by atoms with E-state index < -0.39 is 36.1 Å².